The topological polar surface area (TPSA) is 52.6 Å². The predicted molar refractivity (Wildman–Crippen MR) is 114 cm³/mol. The molecule has 5 aliphatic rings. The van der Waals surface area contributed by atoms with E-state index in [9.17, 15) is 9.59 Å². The number of carbonyl (C=O) groups excluding carboxylic acids is 2. The van der Waals surface area contributed by atoms with Crippen LogP contribution < -0.4 is 0 Å². The summed E-state index contributed by atoms with van der Waals surface area (Å²) in [5, 5.41) is 0. The first-order chi connectivity index (χ1) is 14.3. The third-order valence-electron chi connectivity index (χ3n) is 10.2. The fourth-order valence-electron chi connectivity index (χ4n) is 8.23. The second kappa shape index (κ2) is 7.24. The summed E-state index contributed by atoms with van der Waals surface area (Å²) < 4.78 is 12.3. The Hall–Kier alpha value is -1.06. The van der Waals surface area contributed by atoms with Crippen LogP contribution in [0.5, 0.6) is 0 Å². The minimum Gasteiger partial charge on any atom is -0.462 e. The summed E-state index contributed by atoms with van der Waals surface area (Å²) in [5.74, 6) is 3.80. The van der Waals surface area contributed by atoms with Crippen LogP contribution in [0.15, 0.2) is 0 Å². The van der Waals surface area contributed by atoms with Crippen LogP contribution >= 0.6 is 0 Å². The smallest absolute Gasteiger partial charge is 0.311 e. The lowest BCUT2D eigenvalue weighted by Crippen LogP contribution is -2.44. The summed E-state index contributed by atoms with van der Waals surface area (Å²) in [4.78, 5) is 26.0. The van der Waals surface area contributed by atoms with Crippen molar-refractivity contribution in [3.63, 3.8) is 0 Å². The lowest BCUT2D eigenvalue weighted by Gasteiger charge is -2.41. The molecule has 0 saturated heterocycles. The van der Waals surface area contributed by atoms with Gasteiger partial charge in [0.1, 0.15) is 11.7 Å². The van der Waals surface area contributed by atoms with Gasteiger partial charge >= 0.3 is 11.9 Å². The molecule has 8 atom stereocenters. The molecule has 168 valence electrons. The Morgan fingerprint density at radius 2 is 1.60 bits per heavy atom. The number of ether oxygens (including phenoxy) is 2. The van der Waals surface area contributed by atoms with Crippen molar-refractivity contribution in [2.45, 2.75) is 104 Å². The lowest BCUT2D eigenvalue weighted by molar-refractivity contribution is -0.172. The molecule has 0 aromatic carbocycles. The van der Waals surface area contributed by atoms with Gasteiger partial charge in [0, 0.05) is 0 Å². The van der Waals surface area contributed by atoms with Crippen LogP contribution in [0.1, 0.15) is 91.9 Å². The van der Waals surface area contributed by atoms with Crippen LogP contribution in [0.25, 0.3) is 0 Å². The Labute approximate surface area is 181 Å². The molecule has 0 aromatic heterocycles. The highest BCUT2D eigenvalue weighted by Gasteiger charge is 2.67. The van der Waals surface area contributed by atoms with E-state index in [2.05, 4.69) is 13.8 Å². The van der Waals surface area contributed by atoms with Crippen LogP contribution in [-0.2, 0) is 19.1 Å². The van der Waals surface area contributed by atoms with Crippen molar-refractivity contribution in [3.05, 3.63) is 0 Å². The van der Waals surface area contributed by atoms with Crippen LogP contribution in [0.2, 0.25) is 0 Å². The summed E-state index contributed by atoms with van der Waals surface area (Å²) in [6.07, 6.45) is 10.8. The molecule has 30 heavy (non-hydrogen) atoms. The molecule has 0 spiro atoms. The normalized spacial score (nSPS) is 43.1. The molecule has 5 saturated carbocycles. The monoisotopic (exact) mass is 416 g/mol. The quantitative estimate of drug-likeness (QED) is 0.422. The van der Waals surface area contributed by atoms with Crippen LogP contribution in [0.4, 0.5) is 0 Å². The van der Waals surface area contributed by atoms with Gasteiger partial charge in [0.15, 0.2) is 0 Å². The van der Waals surface area contributed by atoms with Crippen molar-refractivity contribution >= 4 is 11.9 Å². The van der Waals surface area contributed by atoms with Crippen molar-refractivity contribution < 1.29 is 19.1 Å². The maximum atomic E-state index is 13.3. The molecular formula is C26H40O4. The van der Waals surface area contributed by atoms with Crippen molar-refractivity contribution in [1.82, 2.24) is 0 Å². The van der Waals surface area contributed by atoms with Gasteiger partial charge in [0.2, 0.25) is 0 Å². The van der Waals surface area contributed by atoms with Crippen molar-refractivity contribution in [2.75, 3.05) is 0 Å². The zero-order valence-corrected chi connectivity index (χ0v) is 19.3. The molecule has 5 aliphatic carbocycles. The van der Waals surface area contributed by atoms with Crippen LogP contribution in [-0.4, -0.2) is 23.6 Å². The van der Waals surface area contributed by atoms with Gasteiger partial charge in [-0.15, -0.1) is 0 Å². The van der Waals surface area contributed by atoms with Crippen LogP contribution in [0.3, 0.4) is 0 Å². The van der Waals surface area contributed by atoms with E-state index in [1.807, 2.05) is 13.8 Å². The number of hydrogen-bond acceptors (Lipinski definition) is 4. The summed E-state index contributed by atoms with van der Waals surface area (Å²) in [6.45, 7) is 8.20. The maximum absolute atomic E-state index is 13.3. The van der Waals surface area contributed by atoms with Gasteiger partial charge in [-0.1, -0.05) is 13.8 Å². The number of rotatable bonds is 6. The molecule has 4 heteroatoms. The van der Waals surface area contributed by atoms with Crippen molar-refractivity contribution in [1.29, 1.82) is 0 Å². The Morgan fingerprint density at radius 3 is 2.27 bits per heavy atom. The molecule has 4 nitrogen and oxygen atoms in total. The molecule has 0 radical (unpaired) electrons. The first kappa shape index (κ1) is 20.8. The highest BCUT2D eigenvalue weighted by atomic mass is 16.6. The Bertz CT molecular complexity index is 706. The van der Waals surface area contributed by atoms with E-state index in [0.29, 0.717) is 29.6 Å². The largest absolute Gasteiger partial charge is 0.462 e. The minimum absolute atomic E-state index is 0.0377. The van der Waals surface area contributed by atoms with Gasteiger partial charge in [0.25, 0.3) is 0 Å². The van der Waals surface area contributed by atoms with E-state index in [1.165, 1.54) is 25.7 Å². The number of carbonyl (C=O) groups is 2. The number of fused-ring (bicyclic) bond motifs is 9. The third kappa shape index (κ3) is 3.06. The third-order valence-corrected chi connectivity index (χ3v) is 10.2. The highest BCUT2D eigenvalue weighted by molar-refractivity contribution is 5.76. The van der Waals surface area contributed by atoms with Crippen LogP contribution in [0, 0.1) is 46.8 Å². The fourth-order valence-corrected chi connectivity index (χ4v) is 8.23. The van der Waals surface area contributed by atoms with E-state index in [0.717, 1.165) is 44.4 Å². The second-order valence-corrected chi connectivity index (χ2v) is 11.9. The van der Waals surface area contributed by atoms with E-state index < -0.39 is 5.41 Å². The molecule has 0 aliphatic heterocycles. The predicted octanol–water partition coefficient (Wildman–Crippen LogP) is 5.53. The van der Waals surface area contributed by atoms with Crippen molar-refractivity contribution in [2.24, 2.45) is 46.8 Å². The molecule has 0 heterocycles. The summed E-state index contributed by atoms with van der Waals surface area (Å²) in [6, 6.07) is 0. The van der Waals surface area contributed by atoms with Gasteiger partial charge in [-0.25, -0.2) is 0 Å². The van der Waals surface area contributed by atoms with E-state index in [1.54, 1.807) is 0 Å². The lowest BCUT2D eigenvalue weighted by atomic mass is 9.66. The van der Waals surface area contributed by atoms with Gasteiger partial charge in [-0.2, -0.15) is 0 Å². The Kier molecular flexibility index (Phi) is 5.02. The number of hydrogen-bond donors (Lipinski definition) is 0. The highest BCUT2D eigenvalue weighted by Crippen LogP contribution is 2.69. The second-order valence-electron chi connectivity index (χ2n) is 11.9. The molecular weight excluding hydrogens is 376 g/mol. The van der Waals surface area contributed by atoms with E-state index >= 15 is 0 Å². The molecule has 0 N–H and O–H groups in total. The molecule has 5 rings (SSSR count). The zero-order chi connectivity index (χ0) is 21.3. The molecule has 4 bridgehead atoms. The Morgan fingerprint density at radius 1 is 0.933 bits per heavy atom. The molecule has 0 amide bonds. The maximum Gasteiger partial charge on any atom is 0.311 e. The molecule has 5 fully saturated rings. The number of esters is 2. The van der Waals surface area contributed by atoms with Gasteiger partial charge < -0.3 is 9.47 Å². The summed E-state index contributed by atoms with van der Waals surface area (Å²) in [5.41, 5.74) is -0.588. The molecule has 8 unspecified atom stereocenters. The SMILES string of the molecule is CCC1(OC(=O)C2CC3CC2C2C4CC(CC4OC(=O)C(C)(C)CC)C32)CCCC1. The van der Waals surface area contributed by atoms with E-state index in [4.69, 9.17) is 9.47 Å². The average molecular weight is 417 g/mol. The fraction of sp³-hybridized carbons (Fsp3) is 0.923. The van der Waals surface area contributed by atoms with Gasteiger partial charge in [-0.05, 0) is 114 Å². The molecule has 0 aromatic rings. The average Bonchev–Trinajstić information content (AvgIpc) is 3.52. The minimum atomic E-state index is -0.405. The first-order valence-corrected chi connectivity index (χ1v) is 12.7. The van der Waals surface area contributed by atoms with E-state index in [-0.39, 0.29) is 29.6 Å². The van der Waals surface area contributed by atoms with Gasteiger partial charge in [-0.3, -0.25) is 9.59 Å². The summed E-state index contributed by atoms with van der Waals surface area (Å²) in [7, 11) is 0. The summed E-state index contributed by atoms with van der Waals surface area (Å²) >= 11 is 0. The van der Waals surface area contributed by atoms with Gasteiger partial charge in [0.05, 0.1) is 11.3 Å². The standard InChI is InChI=1S/C26H40O4/c1-5-25(3,4)24(28)29-20-14-16-13-19(20)22-17-11-15(21(16)22)12-18(17)23(27)30-26(6-2)9-7-8-10-26/h15-22H,5-14H2,1-4H3. The van der Waals surface area contributed by atoms with Crippen molar-refractivity contribution in [3.8, 4) is 0 Å². The zero-order valence-electron chi connectivity index (χ0n) is 19.3. The first-order valence-electron chi connectivity index (χ1n) is 12.7. The Balaban J connectivity index is 1.28.